The highest BCUT2D eigenvalue weighted by molar-refractivity contribution is 6.34. The van der Waals surface area contributed by atoms with E-state index in [1.165, 1.54) is 0 Å². The van der Waals surface area contributed by atoms with Crippen LogP contribution in [-0.2, 0) is 9.59 Å². The van der Waals surface area contributed by atoms with Crippen molar-refractivity contribution in [2.24, 2.45) is 0 Å². The Morgan fingerprint density at radius 1 is 1.50 bits per heavy atom. The molecule has 7 heteroatoms. The second-order valence-corrected chi connectivity index (χ2v) is 6.25. The van der Waals surface area contributed by atoms with E-state index in [9.17, 15) is 9.59 Å². The maximum absolute atomic E-state index is 12.6. The molecule has 24 heavy (non-hydrogen) atoms. The third-order valence-electron chi connectivity index (χ3n) is 4.17. The van der Waals surface area contributed by atoms with Crippen molar-refractivity contribution < 1.29 is 14.3 Å². The highest BCUT2D eigenvalue weighted by Crippen LogP contribution is 2.36. The van der Waals surface area contributed by atoms with Crippen LogP contribution in [0.5, 0.6) is 5.75 Å². The molecule has 6 nitrogen and oxygen atoms in total. The minimum atomic E-state index is -0.262. The van der Waals surface area contributed by atoms with E-state index in [1.54, 1.807) is 12.1 Å². The smallest absolute Gasteiger partial charge is 0.262 e. The van der Waals surface area contributed by atoms with Gasteiger partial charge in [-0.05, 0) is 25.5 Å². The Balaban J connectivity index is 1.76. The van der Waals surface area contributed by atoms with E-state index in [1.807, 2.05) is 4.90 Å². The van der Waals surface area contributed by atoms with Gasteiger partial charge >= 0.3 is 0 Å². The molecular formula is C17H18ClN3O3. The fourth-order valence-corrected chi connectivity index (χ4v) is 3.22. The average Bonchev–Trinajstić information content (AvgIpc) is 2.56. The van der Waals surface area contributed by atoms with Crippen molar-refractivity contribution in [3.05, 3.63) is 17.2 Å². The number of amides is 2. The lowest BCUT2D eigenvalue weighted by atomic mass is 10.0. The van der Waals surface area contributed by atoms with Crippen molar-refractivity contribution in [1.82, 2.24) is 4.90 Å². The summed E-state index contributed by atoms with van der Waals surface area (Å²) in [5.41, 5.74) is 0.962. The fraction of sp³-hybridized carbons (Fsp3) is 0.412. The monoisotopic (exact) mass is 347 g/mol. The van der Waals surface area contributed by atoms with Crippen molar-refractivity contribution in [2.45, 2.75) is 25.3 Å². The summed E-state index contributed by atoms with van der Waals surface area (Å²) in [6.45, 7) is 1.21. The Bertz CT molecular complexity index is 714. The first-order valence-electron chi connectivity index (χ1n) is 7.83. The van der Waals surface area contributed by atoms with Crippen LogP contribution in [0.25, 0.3) is 0 Å². The van der Waals surface area contributed by atoms with E-state index in [2.05, 4.69) is 16.6 Å². The quantitative estimate of drug-likeness (QED) is 0.821. The first-order chi connectivity index (χ1) is 11.6. The molecule has 1 atom stereocenters. The molecule has 0 aliphatic carbocycles. The summed E-state index contributed by atoms with van der Waals surface area (Å²) in [6.07, 6.45) is 8.19. The molecule has 0 saturated carbocycles. The minimum Gasteiger partial charge on any atom is -0.482 e. The molecule has 2 heterocycles. The van der Waals surface area contributed by atoms with Crippen LogP contribution < -0.4 is 15.4 Å². The number of anilines is 2. The molecule has 1 fully saturated rings. The number of halogens is 1. The van der Waals surface area contributed by atoms with Crippen LogP contribution in [0.3, 0.4) is 0 Å². The predicted molar refractivity (Wildman–Crippen MR) is 92.3 cm³/mol. The standard InChI is InChI=1S/C17H18ClN3O3/c1-2-6-21-7-4-3-5-14(21)17(23)20-12-9-15-13(8-11(12)18)19-16(22)10-24-15/h1,8-9,14H,3-7,10H2,(H,19,22)(H,20,23). The van der Waals surface area contributed by atoms with Gasteiger partial charge in [-0.25, -0.2) is 0 Å². The molecule has 0 bridgehead atoms. The molecule has 0 spiro atoms. The fourth-order valence-electron chi connectivity index (χ4n) is 3.01. The van der Waals surface area contributed by atoms with Crippen LogP contribution in [0.2, 0.25) is 5.02 Å². The number of hydrogen-bond acceptors (Lipinski definition) is 4. The number of terminal acetylenes is 1. The zero-order valence-corrected chi connectivity index (χ0v) is 13.9. The summed E-state index contributed by atoms with van der Waals surface area (Å²) in [5, 5.41) is 5.87. The SMILES string of the molecule is C#CCN1CCCCC1C(=O)Nc1cc2c(cc1Cl)NC(=O)CO2. The summed E-state index contributed by atoms with van der Waals surface area (Å²) in [6, 6.07) is 2.94. The highest BCUT2D eigenvalue weighted by atomic mass is 35.5. The summed E-state index contributed by atoms with van der Waals surface area (Å²) >= 11 is 6.22. The zero-order chi connectivity index (χ0) is 17.1. The van der Waals surface area contributed by atoms with Gasteiger partial charge in [0, 0.05) is 6.07 Å². The van der Waals surface area contributed by atoms with Crippen molar-refractivity contribution in [1.29, 1.82) is 0 Å². The molecule has 2 aliphatic heterocycles. The zero-order valence-electron chi connectivity index (χ0n) is 13.1. The molecule has 2 aliphatic rings. The van der Waals surface area contributed by atoms with Gasteiger partial charge in [0.1, 0.15) is 5.75 Å². The van der Waals surface area contributed by atoms with Gasteiger partial charge in [-0.2, -0.15) is 0 Å². The van der Waals surface area contributed by atoms with E-state index >= 15 is 0 Å². The van der Waals surface area contributed by atoms with E-state index in [-0.39, 0.29) is 24.5 Å². The molecule has 2 N–H and O–H groups in total. The number of fused-ring (bicyclic) bond motifs is 1. The number of likely N-dealkylation sites (tertiary alicyclic amines) is 1. The Labute approximate surface area is 145 Å². The van der Waals surface area contributed by atoms with E-state index < -0.39 is 0 Å². The minimum absolute atomic E-state index is 0.0550. The van der Waals surface area contributed by atoms with Crippen LogP contribution in [0, 0.1) is 12.3 Å². The van der Waals surface area contributed by atoms with Gasteiger partial charge in [0.05, 0.1) is 29.0 Å². The average molecular weight is 348 g/mol. The Hall–Kier alpha value is -2.23. The topological polar surface area (TPSA) is 70.7 Å². The Morgan fingerprint density at radius 3 is 3.12 bits per heavy atom. The first kappa shape index (κ1) is 16.6. The molecule has 2 amide bonds. The molecule has 1 aromatic rings. The first-order valence-corrected chi connectivity index (χ1v) is 8.21. The number of hydrogen-bond donors (Lipinski definition) is 2. The number of nitrogens with zero attached hydrogens (tertiary/aromatic N) is 1. The van der Waals surface area contributed by atoms with Crippen molar-refractivity contribution in [2.75, 3.05) is 30.3 Å². The molecule has 0 radical (unpaired) electrons. The van der Waals surface area contributed by atoms with Crippen LogP contribution in [0.1, 0.15) is 19.3 Å². The highest BCUT2D eigenvalue weighted by Gasteiger charge is 2.29. The number of piperidine rings is 1. The molecular weight excluding hydrogens is 330 g/mol. The number of benzene rings is 1. The second-order valence-electron chi connectivity index (χ2n) is 5.84. The van der Waals surface area contributed by atoms with Gasteiger partial charge in [-0.15, -0.1) is 6.42 Å². The largest absolute Gasteiger partial charge is 0.482 e. The molecule has 126 valence electrons. The van der Waals surface area contributed by atoms with Crippen molar-refractivity contribution >= 4 is 34.8 Å². The summed E-state index contributed by atoms with van der Waals surface area (Å²) in [7, 11) is 0. The van der Waals surface area contributed by atoms with Crippen LogP contribution in [0.4, 0.5) is 11.4 Å². The van der Waals surface area contributed by atoms with Gasteiger partial charge in [0.2, 0.25) is 5.91 Å². The Kier molecular flexibility index (Phi) is 4.93. The van der Waals surface area contributed by atoms with E-state index in [0.29, 0.717) is 28.7 Å². The molecule has 1 unspecified atom stereocenters. The lowest BCUT2D eigenvalue weighted by Gasteiger charge is -2.33. The van der Waals surface area contributed by atoms with Gasteiger partial charge in [-0.1, -0.05) is 23.9 Å². The molecule has 0 aromatic heterocycles. The summed E-state index contributed by atoms with van der Waals surface area (Å²) in [5.74, 6) is 2.72. The Morgan fingerprint density at radius 2 is 2.33 bits per heavy atom. The van der Waals surface area contributed by atoms with Crippen LogP contribution >= 0.6 is 11.6 Å². The lowest BCUT2D eigenvalue weighted by molar-refractivity contribution is -0.122. The molecule has 1 aromatic carbocycles. The van der Waals surface area contributed by atoms with E-state index in [4.69, 9.17) is 22.8 Å². The summed E-state index contributed by atoms with van der Waals surface area (Å²) < 4.78 is 5.36. The second kappa shape index (κ2) is 7.12. The maximum Gasteiger partial charge on any atom is 0.262 e. The normalized spacial score (nSPS) is 20.3. The lowest BCUT2D eigenvalue weighted by Crippen LogP contribution is -2.47. The van der Waals surface area contributed by atoms with Crippen LogP contribution in [0.15, 0.2) is 12.1 Å². The van der Waals surface area contributed by atoms with Gasteiger partial charge in [0.25, 0.3) is 5.91 Å². The predicted octanol–water partition coefficient (Wildman–Crippen LogP) is 2.10. The van der Waals surface area contributed by atoms with E-state index in [0.717, 1.165) is 25.8 Å². The van der Waals surface area contributed by atoms with Crippen molar-refractivity contribution in [3.8, 4) is 18.1 Å². The number of nitrogens with one attached hydrogen (secondary N) is 2. The third-order valence-corrected chi connectivity index (χ3v) is 4.48. The number of carbonyl (C=O) groups excluding carboxylic acids is 2. The summed E-state index contributed by atoms with van der Waals surface area (Å²) in [4.78, 5) is 26.0. The molecule has 3 rings (SSSR count). The van der Waals surface area contributed by atoms with Gasteiger partial charge < -0.3 is 15.4 Å². The third kappa shape index (κ3) is 3.48. The van der Waals surface area contributed by atoms with Gasteiger partial charge in [-0.3, -0.25) is 14.5 Å². The maximum atomic E-state index is 12.6. The number of rotatable bonds is 3. The number of carbonyl (C=O) groups is 2. The van der Waals surface area contributed by atoms with Gasteiger partial charge in [0.15, 0.2) is 6.61 Å². The van der Waals surface area contributed by atoms with Crippen molar-refractivity contribution in [3.63, 3.8) is 0 Å². The number of ether oxygens (including phenoxy) is 1. The molecule has 1 saturated heterocycles. The van der Waals surface area contributed by atoms with Crippen LogP contribution in [-0.4, -0.2) is 42.5 Å².